The summed E-state index contributed by atoms with van der Waals surface area (Å²) in [5, 5.41) is 0. The Morgan fingerprint density at radius 3 is 2.14 bits per heavy atom. The van der Waals surface area contributed by atoms with Gasteiger partial charge in [0.15, 0.2) is 0 Å². The largest absolute Gasteiger partial charge is 0.342 e. The molecule has 1 amide bonds. The van der Waals surface area contributed by atoms with E-state index < -0.39 is 0 Å². The summed E-state index contributed by atoms with van der Waals surface area (Å²) in [6, 6.07) is 27.6. The fourth-order valence-electron chi connectivity index (χ4n) is 5.04. The minimum Gasteiger partial charge on any atom is -0.342 e. The smallest absolute Gasteiger partial charge is 0.253 e. The van der Waals surface area contributed by atoms with E-state index in [9.17, 15) is 4.79 Å². The number of carbonyl (C=O) groups is 1. The average molecular weight is 468 g/mol. The van der Waals surface area contributed by atoms with E-state index in [4.69, 9.17) is 4.99 Å². The molecule has 0 aromatic heterocycles. The molecule has 3 aromatic rings. The van der Waals surface area contributed by atoms with Crippen molar-refractivity contribution in [2.45, 2.75) is 46.0 Å². The van der Waals surface area contributed by atoms with Crippen LogP contribution in [0.3, 0.4) is 0 Å². The van der Waals surface area contributed by atoms with Crippen LogP contribution < -0.4 is 4.90 Å². The predicted molar refractivity (Wildman–Crippen MR) is 147 cm³/mol. The number of aliphatic imine (C=N–C) groups is 1. The lowest BCUT2D eigenvalue weighted by Crippen LogP contribution is -2.30. The summed E-state index contributed by atoms with van der Waals surface area (Å²) in [5.41, 5.74) is 6.82. The van der Waals surface area contributed by atoms with Gasteiger partial charge >= 0.3 is 0 Å². The molecule has 1 atom stereocenters. The van der Waals surface area contributed by atoms with Crippen molar-refractivity contribution in [1.82, 2.24) is 4.90 Å². The molecule has 0 spiro atoms. The van der Waals surface area contributed by atoms with Gasteiger partial charge in [-0.05, 0) is 87.6 Å². The lowest BCUT2D eigenvalue weighted by Gasteiger charge is -2.27. The summed E-state index contributed by atoms with van der Waals surface area (Å²) < 4.78 is 0. The van der Waals surface area contributed by atoms with Crippen LogP contribution >= 0.6 is 0 Å². The zero-order chi connectivity index (χ0) is 24.6. The molecule has 4 rings (SSSR count). The molecule has 3 aromatic carbocycles. The van der Waals surface area contributed by atoms with Crippen molar-refractivity contribution < 1.29 is 4.79 Å². The van der Waals surface area contributed by atoms with Crippen LogP contribution in [0.2, 0.25) is 0 Å². The maximum atomic E-state index is 12.8. The van der Waals surface area contributed by atoms with Crippen molar-refractivity contribution in [1.29, 1.82) is 0 Å². The minimum absolute atomic E-state index is 0.0940. The van der Waals surface area contributed by atoms with Crippen molar-refractivity contribution >= 4 is 23.0 Å². The molecule has 0 saturated heterocycles. The number of anilines is 2. The lowest BCUT2D eigenvalue weighted by molar-refractivity contribution is 0.0773. The Morgan fingerprint density at radius 2 is 1.51 bits per heavy atom. The topological polar surface area (TPSA) is 35.9 Å². The molecule has 35 heavy (non-hydrogen) atoms. The zero-order valence-corrected chi connectivity index (χ0v) is 21.3. The van der Waals surface area contributed by atoms with Crippen LogP contribution in [0, 0.1) is 0 Å². The SMILES string of the molecule is CCN(CC)C(=O)c1ccc(C(C2=NCCCC2)c2cccc(N(CC)c3ccccc3)c2)cc1. The third-order valence-corrected chi connectivity index (χ3v) is 6.93. The van der Waals surface area contributed by atoms with Gasteiger partial charge in [0.1, 0.15) is 0 Å². The van der Waals surface area contributed by atoms with Gasteiger partial charge in [-0.3, -0.25) is 9.79 Å². The molecule has 0 N–H and O–H groups in total. The highest BCUT2D eigenvalue weighted by Crippen LogP contribution is 2.34. The molecule has 0 bridgehead atoms. The predicted octanol–water partition coefficient (Wildman–Crippen LogP) is 7.08. The third kappa shape index (κ3) is 5.64. The summed E-state index contributed by atoms with van der Waals surface area (Å²) in [6.07, 6.45) is 3.36. The molecule has 1 aliphatic rings. The Kier molecular flexibility index (Phi) is 8.36. The molecular weight excluding hydrogens is 430 g/mol. The first kappa shape index (κ1) is 24.7. The van der Waals surface area contributed by atoms with Crippen LogP contribution in [-0.2, 0) is 0 Å². The van der Waals surface area contributed by atoms with Gasteiger partial charge in [0, 0.05) is 54.7 Å². The molecule has 1 heterocycles. The molecule has 182 valence electrons. The normalized spacial score (nSPS) is 14.2. The number of hydrogen-bond donors (Lipinski definition) is 0. The Hall–Kier alpha value is -3.40. The standard InChI is InChI=1S/C31H37N3O/c1-4-33(5-2)31(35)25-20-18-24(19-21-25)30(29-17-10-11-22-32-29)26-13-12-16-28(23-26)34(6-3)27-14-8-7-9-15-27/h7-9,12-16,18-21,23,30H,4-6,10-11,17,22H2,1-3H3. The first-order valence-corrected chi connectivity index (χ1v) is 13.0. The van der Waals surface area contributed by atoms with E-state index in [0.717, 1.165) is 44.6 Å². The Labute approximate surface area is 210 Å². The van der Waals surface area contributed by atoms with Gasteiger partial charge in [-0.25, -0.2) is 0 Å². The van der Waals surface area contributed by atoms with E-state index in [1.807, 2.05) is 30.9 Å². The van der Waals surface area contributed by atoms with Crippen molar-refractivity contribution in [3.63, 3.8) is 0 Å². The van der Waals surface area contributed by atoms with Gasteiger partial charge < -0.3 is 9.80 Å². The molecular formula is C31H37N3O. The summed E-state index contributed by atoms with van der Waals surface area (Å²) in [7, 11) is 0. The maximum absolute atomic E-state index is 12.8. The van der Waals surface area contributed by atoms with Crippen molar-refractivity contribution in [3.05, 3.63) is 95.6 Å². The van der Waals surface area contributed by atoms with E-state index in [1.54, 1.807) is 0 Å². The van der Waals surface area contributed by atoms with E-state index in [-0.39, 0.29) is 11.8 Å². The summed E-state index contributed by atoms with van der Waals surface area (Å²) >= 11 is 0. The Balaban J connectivity index is 1.71. The molecule has 4 heteroatoms. The molecule has 0 radical (unpaired) electrons. The van der Waals surface area contributed by atoms with Crippen LogP contribution in [0.4, 0.5) is 11.4 Å². The maximum Gasteiger partial charge on any atom is 0.253 e. The van der Waals surface area contributed by atoms with Gasteiger partial charge in [0.25, 0.3) is 5.91 Å². The molecule has 0 saturated carbocycles. The van der Waals surface area contributed by atoms with Gasteiger partial charge in [-0.1, -0.05) is 42.5 Å². The van der Waals surface area contributed by atoms with E-state index >= 15 is 0 Å². The highest BCUT2D eigenvalue weighted by molar-refractivity contribution is 5.96. The van der Waals surface area contributed by atoms with Crippen LogP contribution in [0.1, 0.15) is 67.4 Å². The molecule has 4 nitrogen and oxygen atoms in total. The number of rotatable bonds is 9. The molecule has 1 unspecified atom stereocenters. The first-order valence-electron chi connectivity index (χ1n) is 13.0. The van der Waals surface area contributed by atoms with Gasteiger partial charge in [-0.15, -0.1) is 0 Å². The van der Waals surface area contributed by atoms with E-state index in [1.165, 1.54) is 34.6 Å². The number of carbonyl (C=O) groups excluding carboxylic acids is 1. The Morgan fingerprint density at radius 1 is 0.800 bits per heavy atom. The van der Waals surface area contributed by atoms with E-state index in [2.05, 4.69) is 78.6 Å². The Bertz CT molecular complexity index is 1130. The minimum atomic E-state index is 0.0940. The molecule has 0 fully saturated rings. The monoisotopic (exact) mass is 467 g/mol. The van der Waals surface area contributed by atoms with E-state index in [0.29, 0.717) is 0 Å². The summed E-state index contributed by atoms with van der Waals surface area (Å²) in [4.78, 5) is 22.0. The molecule has 1 aliphatic heterocycles. The molecule has 0 aliphatic carbocycles. The number of benzene rings is 3. The second-order valence-electron chi connectivity index (χ2n) is 9.04. The highest BCUT2D eigenvalue weighted by Gasteiger charge is 2.24. The van der Waals surface area contributed by atoms with Gasteiger partial charge in [0.05, 0.1) is 0 Å². The number of amides is 1. The average Bonchev–Trinajstić information content (AvgIpc) is 2.92. The van der Waals surface area contributed by atoms with Gasteiger partial charge in [-0.2, -0.15) is 0 Å². The third-order valence-electron chi connectivity index (χ3n) is 6.93. The number of nitrogens with zero attached hydrogens (tertiary/aromatic N) is 3. The second-order valence-corrected chi connectivity index (χ2v) is 9.04. The van der Waals surface area contributed by atoms with Gasteiger partial charge in [0.2, 0.25) is 0 Å². The zero-order valence-electron chi connectivity index (χ0n) is 21.3. The summed E-state index contributed by atoms with van der Waals surface area (Å²) in [6.45, 7) is 9.46. The van der Waals surface area contributed by atoms with Crippen LogP contribution in [-0.4, -0.2) is 42.7 Å². The lowest BCUT2D eigenvalue weighted by atomic mass is 9.83. The van der Waals surface area contributed by atoms with Crippen LogP contribution in [0.5, 0.6) is 0 Å². The second kappa shape index (κ2) is 11.8. The van der Waals surface area contributed by atoms with Crippen molar-refractivity contribution in [3.8, 4) is 0 Å². The first-order chi connectivity index (χ1) is 17.2. The fourth-order valence-corrected chi connectivity index (χ4v) is 5.04. The fraction of sp³-hybridized carbons (Fsp3) is 0.355. The number of para-hydroxylation sites is 1. The van der Waals surface area contributed by atoms with Crippen molar-refractivity contribution in [2.75, 3.05) is 31.1 Å². The van der Waals surface area contributed by atoms with Crippen LogP contribution in [0.15, 0.2) is 83.9 Å². The van der Waals surface area contributed by atoms with Crippen LogP contribution in [0.25, 0.3) is 0 Å². The summed E-state index contributed by atoms with van der Waals surface area (Å²) in [5.74, 6) is 0.193. The quantitative estimate of drug-likeness (QED) is 0.337. The number of hydrogen-bond acceptors (Lipinski definition) is 3. The highest BCUT2D eigenvalue weighted by atomic mass is 16.2. The van der Waals surface area contributed by atoms with Crippen molar-refractivity contribution in [2.24, 2.45) is 4.99 Å².